The molecule has 0 aromatic heterocycles. The van der Waals surface area contributed by atoms with Crippen LogP contribution in [0.25, 0.3) is 0 Å². The first-order valence-corrected chi connectivity index (χ1v) is 6.80. The second-order valence-electron chi connectivity index (χ2n) is 5.71. The van der Waals surface area contributed by atoms with Crippen LogP contribution < -0.4 is 0 Å². The second-order valence-corrected chi connectivity index (χ2v) is 5.71. The van der Waals surface area contributed by atoms with Gasteiger partial charge in [0.1, 0.15) is 6.54 Å². The van der Waals surface area contributed by atoms with Crippen molar-refractivity contribution in [3.05, 3.63) is 24.3 Å². The monoisotopic (exact) mass is 284 g/mol. The second kappa shape index (κ2) is 9.31. The lowest BCUT2D eigenvalue weighted by Crippen LogP contribution is -2.43. The molecule has 0 amide bonds. The van der Waals surface area contributed by atoms with Crippen LogP contribution in [0.5, 0.6) is 0 Å². The molecule has 0 saturated carbocycles. The number of likely N-dealkylation sites (N-methyl/N-ethyl adjacent to an activating group) is 1. The Balaban J connectivity index is 4.41. The van der Waals surface area contributed by atoms with Crippen molar-refractivity contribution in [1.82, 2.24) is 0 Å². The van der Waals surface area contributed by atoms with Crippen molar-refractivity contribution in [1.29, 1.82) is 0 Å². The molecule has 20 heavy (non-hydrogen) atoms. The van der Waals surface area contributed by atoms with Gasteiger partial charge in [-0.15, -0.1) is 0 Å². The van der Waals surface area contributed by atoms with E-state index in [9.17, 15) is 9.59 Å². The summed E-state index contributed by atoms with van der Waals surface area (Å²) in [4.78, 5) is 22.4. The molecule has 5 nitrogen and oxygen atoms in total. The Kier molecular flexibility index (Phi) is 8.56. The number of hydrogen-bond donors (Lipinski definition) is 1. The van der Waals surface area contributed by atoms with Crippen LogP contribution in [0.4, 0.5) is 0 Å². The van der Waals surface area contributed by atoms with Gasteiger partial charge in [0.15, 0.2) is 6.10 Å². The molecule has 0 aliphatic heterocycles. The molecule has 0 aromatic carbocycles. The van der Waals surface area contributed by atoms with Crippen LogP contribution in [0.15, 0.2) is 24.3 Å². The average Bonchev–Trinajstić information content (AvgIpc) is 2.25. The normalized spacial score (nSPS) is 13.8. The van der Waals surface area contributed by atoms with E-state index in [2.05, 4.69) is 6.92 Å². The molecule has 0 fully saturated rings. The third-order valence-electron chi connectivity index (χ3n) is 2.37. The first-order valence-electron chi connectivity index (χ1n) is 6.80. The Labute approximate surface area is 121 Å². The average molecular weight is 284 g/mol. The Bertz CT molecular complexity index is 367. The lowest BCUT2D eigenvalue weighted by Gasteiger charge is -2.28. The molecule has 1 N–H and O–H groups in total. The van der Waals surface area contributed by atoms with E-state index in [1.54, 1.807) is 12.2 Å². The van der Waals surface area contributed by atoms with Crippen LogP contribution in [0, 0.1) is 0 Å². The van der Waals surface area contributed by atoms with Crippen LogP contribution in [-0.4, -0.2) is 55.3 Å². The number of unbranched alkanes of at least 4 members (excludes halogenated alkanes) is 1. The molecule has 0 aliphatic carbocycles. The number of aliphatic carboxylic acids is 1. The van der Waals surface area contributed by atoms with Gasteiger partial charge in [0.2, 0.25) is 0 Å². The molecule has 0 aliphatic rings. The molecular formula is C15H26NO4+. The molecule has 0 radical (unpaired) electrons. The fourth-order valence-corrected chi connectivity index (χ4v) is 1.63. The molecule has 1 atom stereocenters. The van der Waals surface area contributed by atoms with Crippen LogP contribution >= 0.6 is 0 Å². The summed E-state index contributed by atoms with van der Waals surface area (Å²) in [5, 5.41) is 8.84. The Hall–Kier alpha value is -1.62. The van der Waals surface area contributed by atoms with E-state index in [1.165, 1.54) is 6.08 Å². The van der Waals surface area contributed by atoms with Gasteiger partial charge in [-0.05, 0) is 6.42 Å². The SMILES string of the molecule is CCCC=CC=CC(=O)OC(CC(=O)O)C[N+](C)(C)C. The summed E-state index contributed by atoms with van der Waals surface area (Å²) in [6.45, 7) is 2.53. The zero-order chi connectivity index (χ0) is 15.6. The molecular weight excluding hydrogens is 258 g/mol. The van der Waals surface area contributed by atoms with E-state index >= 15 is 0 Å². The number of carbonyl (C=O) groups is 2. The predicted octanol–water partition coefficient (Wildman–Crippen LogP) is 1.99. The number of rotatable bonds is 9. The number of carboxylic acid groups (broad SMARTS) is 1. The first-order chi connectivity index (χ1) is 9.24. The largest absolute Gasteiger partial charge is 0.481 e. The van der Waals surface area contributed by atoms with Crippen LogP contribution in [0.2, 0.25) is 0 Å². The maximum atomic E-state index is 11.6. The first kappa shape index (κ1) is 18.4. The number of ether oxygens (including phenoxy) is 1. The highest BCUT2D eigenvalue weighted by atomic mass is 16.5. The van der Waals surface area contributed by atoms with Gasteiger partial charge in [-0.25, -0.2) is 4.79 Å². The highest BCUT2D eigenvalue weighted by Gasteiger charge is 2.23. The van der Waals surface area contributed by atoms with Gasteiger partial charge in [0.25, 0.3) is 0 Å². The molecule has 0 heterocycles. The quantitative estimate of drug-likeness (QED) is 0.304. The number of hydrogen-bond acceptors (Lipinski definition) is 3. The highest BCUT2D eigenvalue weighted by molar-refractivity contribution is 5.82. The van der Waals surface area contributed by atoms with Crippen LogP contribution in [-0.2, 0) is 14.3 Å². The summed E-state index contributed by atoms with van der Waals surface area (Å²) < 4.78 is 5.72. The molecule has 5 heteroatoms. The number of quaternary nitrogens is 1. The topological polar surface area (TPSA) is 63.6 Å². The van der Waals surface area contributed by atoms with Gasteiger partial charge < -0.3 is 14.3 Å². The van der Waals surface area contributed by atoms with E-state index in [-0.39, 0.29) is 6.42 Å². The lowest BCUT2D eigenvalue weighted by molar-refractivity contribution is -0.873. The van der Waals surface area contributed by atoms with E-state index in [4.69, 9.17) is 9.84 Å². The maximum absolute atomic E-state index is 11.6. The molecule has 0 spiro atoms. The van der Waals surface area contributed by atoms with Crippen molar-refractivity contribution < 1.29 is 23.9 Å². The summed E-state index contributed by atoms with van der Waals surface area (Å²) in [6.07, 6.45) is 7.89. The van der Waals surface area contributed by atoms with E-state index in [0.29, 0.717) is 11.0 Å². The van der Waals surface area contributed by atoms with Crippen molar-refractivity contribution in [3.8, 4) is 0 Å². The number of nitrogens with zero attached hydrogens (tertiary/aromatic N) is 1. The van der Waals surface area contributed by atoms with Gasteiger partial charge in [-0.3, -0.25) is 4.79 Å². The van der Waals surface area contributed by atoms with Crippen molar-refractivity contribution in [2.45, 2.75) is 32.3 Å². The maximum Gasteiger partial charge on any atom is 0.331 e. The fourth-order valence-electron chi connectivity index (χ4n) is 1.63. The van der Waals surface area contributed by atoms with Crippen molar-refractivity contribution in [2.75, 3.05) is 27.7 Å². The zero-order valence-electron chi connectivity index (χ0n) is 12.8. The summed E-state index contributed by atoms with van der Waals surface area (Å²) in [6, 6.07) is 0. The molecule has 0 saturated heterocycles. The minimum absolute atomic E-state index is 0.180. The number of carbonyl (C=O) groups excluding carboxylic acids is 1. The number of carboxylic acids is 1. The summed E-state index contributed by atoms with van der Waals surface area (Å²) >= 11 is 0. The van der Waals surface area contributed by atoms with Gasteiger partial charge in [-0.1, -0.05) is 31.6 Å². The summed E-state index contributed by atoms with van der Waals surface area (Å²) in [7, 11) is 5.77. The van der Waals surface area contributed by atoms with Crippen molar-refractivity contribution in [3.63, 3.8) is 0 Å². The summed E-state index contributed by atoms with van der Waals surface area (Å²) in [5.74, 6) is -1.48. The fraction of sp³-hybridized carbons (Fsp3) is 0.600. The van der Waals surface area contributed by atoms with Crippen LogP contribution in [0.3, 0.4) is 0 Å². The molecule has 114 valence electrons. The minimum atomic E-state index is -0.969. The standard InChI is InChI=1S/C15H25NO4/c1-5-6-7-8-9-10-15(19)20-13(11-14(17)18)12-16(2,3)4/h7-10,13H,5-6,11-12H2,1-4H3/p+1. The van der Waals surface area contributed by atoms with E-state index in [1.807, 2.05) is 27.2 Å². The Morgan fingerprint density at radius 2 is 1.90 bits per heavy atom. The third-order valence-corrected chi connectivity index (χ3v) is 2.37. The smallest absolute Gasteiger partial charge is 0.331 e. The predicted molar refractivity (Wildman–Crippen MR) is 78.2 cm³/mol. The molecule has 1 unspecified atom stereocenters. The van der Waals surface area contributed by atoms with Crippen molar-refractivity contribution in [2.24, 2.45) is 0 Å². The van der Waals surface area contributed by atoms with Gasteiger partial charge in [0.05, 0.1) is 27.6 Å². The Morgan fingerprint density at radius 1 is 1.25 bits per heavy atom. The van der Waals surface area contributed by atoms with Gasteiger partial charge in [-0.2, -0.15) is 0 Å². The minimum Gasteiger partial charge on any atom is -0.481 e. The molecule has 0 aromatic rings. The molecule has 0 bridgehead atoms. The number of esters is 1. The third kappa shape index (κ3) is 11.5. The lowest BCUT2D eigenvalue weighted by atomic mass is 10.2. The molecule has 0 rings (SSSR count). The Morgan fingerprint density at radius 3 is 2.40 bits per heavy atom. The van der Waals surface area contributed by atoms with Crippen LogP contribution in [0.1, 0.15) is 26.2 Å². The van der Waals surface area contributed by atoms with E-state index in [0.717, 1.165) is 12.8 Å². The zero-order valence-corrected chi connectivity index (χ0v) is 12.8. The van der Waals surface area contributed by atoms with Gasteiger partial charge in [0, 0.05) is 6.08 Å². The summed E-state index contributed by atoms with van der Waals surface area (Å²) in [5.41, 5.74) is 0. The van der Waals surface area contributed by atoms with Crippen molar-refractivity contribution >= 4 is 11.9 Å². The van der Waals surface area contributed by atoms with E-state index < -0.39 is 18.0 Å². The van der Waals surface area contributed by atoms with Gasteiger partial charge >= 0.3 is 11.9 Å². The number of allylic oxidation sites excluding steroid dienone is 3. The highest BCUT2D eigenvalue weighted by Crippen LogP contribution is 2.06.